The van der Waals surface area contributed by atoms with Gasteiger partial charge < -0.3 is 4.74 Å². The molecular formula is C24H30BrNO2. The molecule has 1 aromatic carbocycles. The molecule has 0 aromatic heterocycles. The van der Waals surface area contributed by atoms with E-state index in [0.717, 1.165) is 64.9 Å². The first-order valence-corrected chi connectivity index (χ1v) is 11.5. The molecular weight excluding hydrogens is 414 g/mol. The van der Waals surface area contributed by atoms with Crippen LogP contribution in [0.5, 0.6) is 5.75 Å². The molecule has 1 aliphatic heterocycles. The maximum Gasteiger partial charge on any atom is 0.145 e. The summed E-state index contributed by atoms with van der Waals surface area (Å²) in [5.41, 5.74) is 3.12. The predicted octanol–water partition coefficient (Wildman–Crippen LogP) is 5.76. The van der Waals surface area contributed by atoms with Gasteiger partial charge in [-0.15, -0.1) is 0 Å². The van der Waals surface area contributed by atoms with Crippen molar-refractivity contribution < 1.29 is 9.53 Å². The summed E-state index contributed by atoms with van der Waals surface area (Å²) in [6.45, 7) is 4.33. The van der Waals surface area contributed by atoms with Crippen molar-refractivity contribution in [3.63, 3.8) is 0 Å². The van der Waals surface area contributed by atoms with Gasteiger partial charge in [0.05, 0.1) is 22.8 Å². The smallest absolute Gasteiger partial charge is 0.145 e. The Labute approximate surface area is 176 Å². The summed E-state index contributed by atoms with van der Waals surface area (Å²) in [5.74, 6) is 3.70. The molecule has 0 atom stereocenters. The molecule has 4 aliphatic carbocycles. The number of ether oxygens (including phenoxy) is 1. The van der Waals surface area contributed by atoms with Gasteiger partial charge in [0.1, 0.15) is 11.5 Å². The number of hydrogen-bond acceptors (Lipinski definition) is 3. The number of rotatable bonds is 4. The second-order valence-corrected chi connectivity index (χ2v) is 11.3. The van der Waals surface area contributed by atoms with Crippen LogP contribution in [0.25, 0.3) is 0 Å². The van der Waals surface area contributed by atoms with Crippen LogP contribution in [-0.2, 0) is 11.2 Å². The largest absolute Gasteiger partial charge is 0.496 e. The van der Waals surface area contributed by atoms with E-state index in [4.69, 9.17) is 9.73 Å². The molecule has 4 saturated carbocycles. The van der Waals surface area contributed by atoms with Crippen molar-refractivity contribution >= 4 is 27.4 Å². The molecule has 150 valence electrons. The standard InChI is InChI=1S/C24H30BrNO2/c1-23(2)13-17-7-21(28-3)19(25)8-18(17)20(26-23)9-22(27)24-10-14-4-15(11-24)6-16(5-14)12-24/h7-8,14-16H,4-6,9-13H2,1-3H3. The minimum Gasteiger partial charge on any atom is -0.496 e. The third-order valence-corrected chi connectivity index (χ3v) is 8.33. The van der Waals surface area contributed by atoms with Crippen LogP contribution in [0.3, 0.4) is 0 Å². The Balaban J connectivity index is 1.47. The number of ketones is 1. The SMILES string of the molecule is COc1cc2c(cc1Br)C(CC(=O)C13CC4CC(CC(C4)C1)C3)=NC(C)(C)C2. The van der Waals surface area contributed by atoms with Crippen LogP contribution in [0.15, 0.2) is 21.6 Å². The van der Waals surface area contributed by atoms with Gasteiger partial charge in [-0.2, -0.15) is 0 Å². The number of benzene rings is 1. The van der Waals surface area contributed by atoms with Gasteiger partial charge in [-0.3, -0.25) is 9.79 Å². The lowest BCUT2D eigenvalue weighted by molar-refractivity contribution is -0.142. The first kappa shape index (κ1) is 18.8. The van der Waals surface area contributed by atoms with Crippen molar-refractivity contribution in [3.8, 4) is 5.75 Å². The molecule has 6 rings (SSSR count). The fourth-order valence-corrected chi connectivity index (χ4v) is 7.53. The van der Waals surface area contributed by atoms with Crippen LogP contribution in [0.4, 0.5) is 0 Å². The highest BCUT2D eigenvalue weighted by molar-refractivity contribution is 9.10. The van der Waals surface area contributed by atoms with E-state index in [1.807, 2.05) is 0 Å². The van der Waals surface area contributed by atoms with Crippen molar-refractivity contribution in [2.24, 2.45) is 28.2 Å². The van der Waals surface area contributed by atoms with E-state index in [0.29, 0.717) is 12.2 Å². The van der Waals surface area contributed by atoms with Crippen LogP contribution in [0.2, 0.25) is 0 Å². The topological polar surface area (TPSA) is 38.7 Å². The van der Waals surface area contributed by atoms with Crippen molar-refractivity contribution in [2.45, 2.75) is 70.8 Å². The fraction of sp³-hybridized carbons (Fsp3) is 0.667. The molecule has 0 saturated heterocycles. The van der Waals surface area contributed by atoms with Crippen LogP contribution < -0.4 is 4.74 Å². The molecule has 28 heavy (non-hydrogen) atoms. The van der Waals surface area contributed by atoms with Gasteiger partial charge in [-0.1, -0.05) is 0 Å². The zero-order valence-electron chi connectivity index (χ0n) is 17.2. The van der Waals surface area contributed by atoms with Crippen molar-refractivity contribution in [2.75, 3.05) is 7.11 Å². The molecule has 4 bridgehead atoms. The Morgan fingerprint density at radius 2 is 1.75 bits per heavy atom. The number of aliphatic imine (C=N–C) groups is 1. The molecule has 4 fully saturated rings. The van der Waals surface area contributed by atoms with Crippen molar-refractivity contribution in [1.82, 2.24) is 0 Å². The van der Waals surface area contributed by atoms with Crippen LogP contribution in [-0.4, -0.2) is 24.1 Å². The maximum atomic E-state index is 13.7. The number of nitrogens with zero attached hydrogens (tertiary/aromatic N) is 1. The molecule has 4 heteroatoms. The Morgan fingerprint density at radius 1 is 1.14 bits per heavy atom. The van der Waals surface area contributed by atoms with Gasteiger partial charge in [-0.25, -0.2) is 0 Å². The number of carbonyl (C=O) groups is 1. The van der Waals surface area contributed by atoms with E-state index in [1.54, 1.807) is 7.11 Å². The lowest BCUT2D eigenvalue weighted by Crippen LogP contribution is -2.50. The Hall–Kier alpha value is -1.16. The van der Waals surface area contributed by atoms with E-state index in [1.165, 1.54) is 24.8 Å². The molecule has 0 spiro atoms. The summed E-state index contributed by atoms with van der Waals surface area (Å²) in [5, 5.41) is 0. The number of fused-ring (bicyclic) bond motifs is 1. The van der Waals surface area contributed by atoms with E-state index in [9.17, 15) is 4.79 Å². The normalized spacial score (nSPS) is 34.7. The molecule has 0 radical (unpaired) electrons. The zero-order chi connectivity index (χ0) is 19.7. The van der Waals surface area contributed by atoms with Crippen LogP contribution in [0.1, 0.15) is 69.9 Å². The number of carbonyl (C=O) groups excluding carboxylic acids is 1. The average molecular weight is 444 g/mol. The van der Waals surface area contributed by atoms with Crippen molar-refractivity contribution in [1.29, 1.82) is 0 Å². The molecule has 0 unspecified atom stereocenters. The highest BCUT2D eigenvalue weighted by Gasteiger charge is 2.54. The quantitative estimate of drug-likeness (QED) is 0.593. The maximum absolute atomic E-state index is 13.7. The molecule has 0 N–H and O–H groups in total. The third-order valence-electron chi connectivity index (χ3n) is 7.71. The first-order chi connectivity index (χ1) is 13.3. The summed E-state index contributed by atoms with van der Waals surface area (Å²) in [4.78, 5) is 18.7. The molecule has 0 amide bonds. The molecule has 1 heterocycles. The second-order valence-electron chi connectivity index (χ2n) is 10.5. The number of hydrogen-bond donors (Lipinski definition) is 0. The molecule has 1 aromatic rings. The minimum atomic E-state index is -0.178. The summed E-state index contributed by atoms with van der Waals surface area (Å²) in [6.07, 6.45) is 8.87. The average Bonchev–Trinajstić information content (AvgIpc) is 2.60. The Bertz CT molecular complexity index is 834. The lowest BCUT2D eigenvalue weighted by atomic mass is 9.48. The van der Waals surface area contributed by atoms with Gasteiger partial charge >= 0.3 is 0 Å². The van der Waals surface area contributed by atoms with Gasteiger partial charge in [0.2, 0.25) is 0 Å². The molecule has 5 aliphatic rings. The van der Waals surface area contributed by atoms with Crippen molar-refractivity contribution in [3.05, 3.63) is 27.7 Å². The summed E-state index contributed by atoms with van der Waals surface area (Å²) in [7, 11) is 1.70. The van der Waals surface area contributed by atoms with E-state index >= 15 is 0 Å². The van der Waals surface area contributed by atoms with E-state index in [-0.39, 0.29) is 11.0 Å². The van der Waals surface area contributed by atoms with Gasteiger partial charge in [0.15, 0.2) is 0 Å². The first-order valence-electron chi connectivity index (χ1n) is 10.8. The van der Waals surface area contributed by atoms with Gasteiger partial charge in [0.25, 0.3) is 0 Å². The van der Waals surface area contributed by atoms with Crippen LogP contribution in [0, 0.1) is 23.2 Å². The highest BCUT2D eigenvalue weighted by atomic mass is 79.9. The second kappa shape index (κ2) is 6.42. The minimum absolute atomic E-state index is 0.0529. The summed E-state index contributed by atoms with van der Waals surface area (Å²) < 4.78 is 6.44. The zero-order valence-corrected chi connectivity index (χ0v) is 18.8. The summed E-state index contributed by atoms with van der Waals surface area (Å²) in [6, 6.07) is 4.22. The van der Waals surface area contributed by atoms with E-state index < -0.39 is 0 Å². The van der Waals surface area contributed by atoms with Crippen LogP contribution >= 0.6 is 15.9 Å². The predicted molar refractivity (Wildman–Crippen MR) is 115 cm³/mol. The monoisotopic (exact) mass is 443 g/mol. The third kappa shape index (κ3) is 3.07. The number of methoxy groups -OCH3 is 1. The molecule has 3 nitrogen and oxygen atoms in total. The fourth-order valence-electron chi connectivity index (χ4n) is 7.02. The Kier molecular flexibility index (Phi) is 4.32. The van der Waals surface area contributed by atoms with E-state index in [2.05, 4.69) is 41.9 Å². The number of Topliss-reactive ketones (excluding diaryl/α,β-unsaturated/α-hetero) is 1. The highest BCUT2D eigenvalue weighted by Crippen LogP contribution is 2.60. The Morgan fingerprint density at radius 3 is 2.32 bits per heavy atom. The number of halogens is 1. The van der Waals surface area contributed by atoms with Gasteiger partial charge in [0, 0.05) is 17.4 Å². The summed E-state index contributed by atoms with van der Waals surface area (Å²) >= 11 is 3.62. The lowest BCUT2D eigenvalue weighted by Gasteiger charge is -2.56. The van der Waals surface area contributed by atoms with Gasteiger partial charge in [-0.05, 0) is 110 Å².